The van der Waals surface area contributed by atoms with Gasteiger partial charge >= 0.3 is 12.1 Å². The number of nitrogens with zero attached hydrogens (tertiary/aromatic N) is 2. The molecule has 2 aliphatic rings. The summed E-state index contributed by atoms with van der Waals surface area (Å²) in [5.41, 5.74) is 0. The highest BCUT2D eigenvalue weighted by molar-refractivity contribution is 5.80. The van der Waals surface area contributed by atoms with Gasteiger partial charge in [-0.1, -0.05) is 0 Å². The van der Waals surface area contributed by atoms with Crippen LogP contribution in [0.4, 0.5) is 4.79 Å². The van der Waals surface area contributed by atoms with E-state index in [4.69, 9.17) is 9.84 Å². The summed E-state index contributed by atoms with van der Waals surface area (Å²) in [6.45, 7) is 1.67. The van der Waals surface area contributed by atoms with Crippen LogP contribution in [0.1, 0.15) is 25.7 Å². The van der Waals surface area contributed by atoms with Crippen LogP contribution in [0.5, 0.6) is 0 Å². The Balaban J connectivity index is 1.80. The fraction of sp³-hybridized carbons (Fsp3) is 0.786. The summed E-state index contributed by atoms with van der Waals surface area (Å²) in [7, 11) is 1.39. The number of rotatable bonds is 2. The zero-order valence-electron chi connectivity index (χ0n) is 12.3. The second kappa shape index (κ2) is 6.78. The van der Waals surface area contributed by atoms with Gasteiger partial charge in [0.05, 0.1) is 13.0 Å². The summed E-state index contributed by atoms with van der Waals surface area (Å²) in [6.07, 6.45) is 1.87. The van der Waals surface area contributed by atoms with Gasteiger partial charge in [-0.25, -0.2) is 4.79 Å². The van der Waals surface area contributed by atoms with E-state index in [1.54, 1.807) is 4.90 Å². The highest BCUT2D eigenvalue weighted by Gasteiger charge is 2.33. The molecule has 1 saturated carbocycles. The summed E-state index contributed by atoms with van der Waals surface area (Å²) in [6, 6.07) is 0. The Labute approximate surface area is 123 Å². The van der Waals surface area contributed by atoms with E-state index in [0.717, 1.165) is 0 Å². The number of methoxy groups -OCH3 is 1. The molecule has 0 unspecified atom stereocenters. The molecule has 0 aromatic heterocycles. The molecule has 2 rings (SSSR count). The van der Waals surface area contributed by atoms with E-state index < -0.39 is 6.09 Å². The molecule has 0 atom stereocenters. The van der Waals surface area contributed by atoms with Crippen molar-refractivity contribution in [2.24, 2.45) is 11.8 Å². The number of piperazine rings is 1. The first-order chi connectivity index (χ1) is 10.0. The molecule has 7 heteroatoms. The second-order valence-electron chi connectivity index (χ2n) is 5.67. The minimum Gasteiger partial charge on any atom is -0.469 e. The van der Waals surface area contributed by atoms with Gasteiger partial charge in [0, 0.05) is 32.1 Å². The van der Waals surface area contributed by atoms with Crippen molar-refractivity contribution in [2.45, 2.75) is 25.7 Å². The third-order valence-corrected chi connectivity index (χ3v) is 4.47. The molecule has 0 aromatic carbocycles. The van der Waals surface area contributed by atoms with Crippen LogP contribution in [0.3, 0.4) is 0 Å². The van der Waals surface area contributed by atoms with Crippen LogP contribution in [-0.4, -0.2) is 66.2 Å². The monoisotopic (exact) mass is 298 g/mol. The molecule has 1 heterocycles. The van der Waals surface area contributed by atoms with Crippen LogP contribution in [0.2, 0.25) is 0 Å². The Morgan fingerprint density at radius 3 is 1.86 bits per heavy atom. The van der Waals surface area contributed by atoms with Crippen LogP contribution in [-0.2, 0) is 14.3 Å². The van der Waals surface area contributed by atoms with Gasteiger partial charge in [0.25, 0.3) is 0 Å². The first kappa shape index (κ1) is 15.6. The van der Waals surface area contributed by atoms with Gasteiger partial charge in [-0.15, -0.1) is 0 Å². The van der Waals surface area contributed by atoms with Crippen molar-refractivity contribution in [3.8, 4) is 0 Å². The summed E-state index contributed by atoms with van der Waals surface area (Å²) < 4.78 is 4.74. The van der Waals surface area contributed by atoms with Crippen molar-refractivity contribution in [3.63, 3.8) is 0 Å². The number of carbonyl (C=O) groups is 3. The van der Waals surface area contributed by atoms with E-state index in [9.17, 15) is 14.4 Å². The molecular weight excluding hydrogens is 276 g/mol. The average molecular weight is 298 g/mol. The molecule has 0 radical (unpaired) electrons. The number of esters is 1. The molecule has 0 bridgehead atoms. The first-order valence-electron chi connectivity index (χ1n) is 7.37. The van der Waals surface area contributed by atoms with Gasteiger partial charge in [-0.3, -0.25) is 9.59 Å². The normalized spacial score (nSPS) is 26.3. The third kappa shape index (κ3) is 3.65. The van der Waals surface area contributed by atoms with Gasteiger partial charge in [-0.05, 0) is 25.7 Å². The van der Waals surface area contributed by atoms with E-state index in [2.05, 4.69) is 0 Å². The Morgan fingerprint density at radius 2 is 1.38 bits per heavy atom. The van der Waals surface area contributed by atoms with Crippen molar-refractivity contribution in [3.05, 3.63) is 0 Å². The van der Waals surface area contributed by atoms with Crippen LogP contribution in [0, 0.1) is 11.8 Å². The lowest BCUT2D eigenvalue weighted by atomic mass is 9.81. The zero-order valence-corrected chi connectivity index (χ0v) is 12.3. The van der Waals surface area contributed by atoms with Crippen molar-refractivity contribution in [1.82, 2.24) is 9.80 Å². The van der Waals surface area contributed by atoms with E-state index in [1.807, 2.05) is 0 Å². The molecule has 1 aliphatic heterocycles. The van der Waals surface area contributed by atoms with Crippen LogP contribution in [0.25, 0.3) is 0 Å². The number of carboxylic acid groups (broad SMARTS) is 1. The minimum absolute atomic E-state index is 0.0396. The Kier molecular flexibility index (Phi) is 5.03. The number of ether oxygens (including phenoxy) is 1. The van der Waals surface area contributed by atoms with E-state index >= 15 is 0 Å². The predicted octanol–water partition coefficient (Wildman–Crippen LogP) is 0.788. The smallest absolute Gasteiger partial charge is 0.407 e. The van der Waals surface area contributed by atoms with Gasteiger partial charge in [0.2, 0.25) is 5.91 Å². The van der Waals surface area contributed by atoms with Crippen molar-refractivity contribution in [1.29, 1.82) is 0 Å². The van der Waals surface area contributed by atoms with Gasteiger partial charge in [0.1, 0.15) is 0 Å². The molecule has 118 valence electrons. The molecule has 2 amide bonds. The fourth-order valence-corrected chi connectivity index (χ4v) is 3.12. The highest BCUT2D eigenvalue weighted by atomic mass is 16.5. The van der Waals surface area contributed by atoms with Crippen LogP contribution < -0.4 is 0 Å². The number of amides is 2. The molecule has 2 fully saturated rings. The molecule has 1 aliphatic carbocycles. The maximum atomic E-state index is 12.4. The lowest BCUT2D eigenvalue weighted by Crippen LogP contribution is -2.52. The largest absolute Gasteiger partial charge is 0.469 e. The van der Waals surface area contributed by atoms with Crippen molar-refractivity contribution >= 4 is 18.0 Å². The highest BCUT2D eigenvalue weighted by Crippen LogP contribution is 2.31. The molecule has 21 heavy (non-hydrogen) atoms. The SMILES string of the molecule is COC(=O)C1CCC(C(=O)N2CCN(C(=O)O)CC2)CC1. The number of hydrogen-bond acceptors (Lipinski definition) is 4. The summed E-state index contributed by atoms with van der Waals surface area (Å²) in [4.78, 5) is 37.8. The molecule has 7 nitrogen and oxygen atoms in total. The van der Waals surface area contributed by atoms with E-state index in [0.29, 0.717) is 51.9 Å². The average Bonchev–Trinajstić information content (AvgIpc) is 2.53. The summed E-state index contributed by atoms with van der Waals surface area (Å²) in [5.74, 6) is -0.204. The topological polar surface area (TPSA) is 87.2 Å². The molecule has 1 N–H and O–H groups in total. The maximum Gasteiger partial charge on any atom is 0.407 e. The number of carbonyl (C=O) groups excluding carboxylic acids is 2. The number of hydrogen-bond donors (Lipinski definition) is 1. The Hall–Kier alpha value is -1.79. The Bertz CT molecular complexity index is 410. The van der Waals surface area contributed by atoms with Crippen molar-refractivity contribution in [2.75, 3.05) is 33.3 Å². The lowest BCUT2D eigenvalue weighted by molar-refractivity contribution is -0.149. The summed E-state index contributed by atoms with van der Waals surface area (Å²) >= 11 is 0. The quantitative estimate of drug-likeness (QED) is 0.762. The molecule has 1 saturated heterocycles. The molecule has 0 aromatic rings. The van der Waals surface area contributed by atoms with Gasteiger partial charge in [-0.2, -0.15) is 0 Å². The van der Waals surface area contributed by atoms with Crippen LogP contribution >= 0.6 is 0 Å². The molecular formula is C14H22N2O5. The minimum atomic E-state index is -0.930. The second-order valence-corrected chi connectivity index (χ2v) is 5.67. The first-order valence-corrected chi connectivity index (χ1v) is 7.37. The standard InChI is InChI=1S/C14H22N2O5/c1-21-13(18)11-4-2-10(3-5-11)12(17)15-6-8-16(9-7-15)14(19)20/h10-11H,2-9H2,1H3,(H,19,20). The summed E-state index contributed by atoms with van der Waals surface area (Å²) in [5, 5.41) is 8.90. The van der Waals surface area contributed by atoms with Gasteiger partial charge < -0.3 is 19.6 Å². The van der Waals surface area contributed by atoms with E-state index in [-0.39, 0.29) is 23.7 Å². The lowest BCUT2D eigenvalue weighted by Gasteiger charge is -2.36. The molecule has 0 spiro atoms. The third-order valence-electron chi connectivity index (χ3n) is 4.47. The van der Waals surface area contributed by atoms with Gasteiger partial charge in [0.15, 0.2) is 0 Å². The maximum absolute atomic E-state index is 12.4. The zero-order chi connectivity index (χ0) is 15.4. The fourth-order valence-electron chi connectivity index (χ4n) is 3.12. The van der Waals surface area contributed by atoms with E-state index in [1.165, 1.54) is 12.0 Å². The van der Waals surface area contributed by atoms with Crippen LogP contribution in [0.15, 0.2) is 0 Å². The van der Waals surface area contributed by atoms with Crippen molar-refractivity contribution < 1.29 is 24.2 Å². The Morgan fingerprint density at radius 1 is 0.905 bits per heavy atom. The predicted molar refractivity (Wildman–Crippen MR) is 73.6 cm³/mol.